The van der Waals surface area contributed by atoms with E-state index in [1.807, 2.05) is 30.3 Å². The van der Waals surface area contributed by atoms with Crippen molar-refractivity contribution >= 4 is 11.4 Å². The molecule has 2 aliphatic rings. The average molecular weight is 224 g/mol. The van der Waals surface area contributed by atoms with Crippen molar-refractivity contribution in [1.82, 2.24) is 0 Å². The number of allylic oxidation sites excluding steroid dienone is 1. The minimum atomic E-state index is -0.492. The second-order valence-electron chi connectivity index (χ2n) is 4.56. The van der Waals surface area contributed by atoms with Crippen molar-refractivity contribution in [2.75, 3.05) is 0 Å². The fourth-order valence-corrected chi connectivity index (χ4v) is 2.78. The molecule has 1 aliphatic carbocycles. The first kappa shape index (κ1) is 10.2. The van der Waals surface area contributed by atoms with Crippen LogP contribution in [0.3, 0.4) is 0 Å². The van der Waals surface area contributed by atoms with Gasteiger partial charge in [-0.15, -0.1) is 0 Å². The number of para-hydroxylation sites is 1. The standard InChI is InChI=1S/C14H12N2O/c15-8-7-14-9-10(17)5-6-13(14)16-12-4-2-1-3-11(12)14/h1-6,10,17H,7,9H2/t10-,14-/m1/s1. The summed E-state index contributed by atoms with van der Waals surface area (Å²) >= 11 is 0. The van der Waals surface area contributed by atoms with Crippen LogP contribution in [0, 0.1) is 11.3 Å². The number of benzene rings is 1. The fourth-order valence-electron chi connectivity index (χ4n) is 2.78. The Balaban J connectivity index is 2.21. The quantitative estimate of drug-likeness (QED) is 0.795. The van der Waals surface area contributed by atoms with Gasteiger partial charge in [-0.2, -0.15) is 5.26 Å². The zero-order chi connectivity index (χ0) is 11.9. The van der Waals surface area contributed by atoms with Gasteiger partial charge in [-0.05, 0) is 24.1 Å². The minimum absolute atomic E-state index is 0.365. The zero-order valence-corrected chi connectivity index (χ0v) is 9.30. The van der Waals surface area contributed by atoms with Crippen molar-refractivity contribution in [3.05, 3.63) is 42.0 Å². The molecule has 1 aromatic rings. The van der Waals surface area contributed by atoms with Crippen LogP contribution in [-0.4, -0.2) is 16.9 Å². The lowest BCUT2D eigenvalue weighted by molar-refractivity contribution is 0.188. The van der Waals surface area contributed by atoms with Gasteiger partial charge >= 0.3 is 0 Å². The molecule has 0 amide bonds. The third kappa shape index (κ3) is 1.35. The van der Waals surface area contributed by atoms with Crippen LogP contribution in [-0.2, 0) is 5.41 Å². The molecule has 1 aromatic carbocycles. The number of nitriles is 1. The highest BCUT2D eigenvalue weighted by atomic mass is 16.3. The Morgan fingerprint density at radius 3 is 3.12 bits per heavy atom. The summed E-state index contributed by atoms with van der Waals surface area (Å²) in [5, 5.41) is 18.9. The van der Waals surface area contributed by atoms with Gasteiger partial charge in [0.15, 0.2) is 0 Å². The topological polar surface area (TPSA) is 56.4 Å². The molecule has 0 unspecified atom stereocenters. The molecule has 2 atom stereocenters. The molecule has 1 aliphatic heterocycles. The highest BCUT2D eigenvalue weighted by molar-refractivity contribution is 6.09. The van der Waals surface area contributed by atoms with Crippen LogP contribution in [0.4, 0.5) is 5.69 Å². The zero-order valence-electron chi connectivity index (χ0n) is 9.30. The average Bonchev–Trinajstić information content (AvgIpc) is 2.64. The number of nitrogens with zero attached hydrogens (tertiary/aromatic N) is 2. The van der Waals surface area contributed by atoms with Crippen LogP contribution >= 0.6 is 0 Å². The Bertz CT molecular complexity index is 568. The van der Waals surface area contributed by atoms with E-state index in [1.54, 1.807) is 6.08 Å². The molecule has 3 nitrogen and oxygen atoms in total. The molecule has 3 rings (SSSR count). The molecule has 1 heterocycles. The lowest BCUT2D eigenvalue weighted by Gasteiger charge is -2.33. The first-order chi connectivity index (χ1) is 8.26. The highest BCUT2D eigenvalue weighted by Crippen LogP contribution is 2.47. The van der Waals surface area contributed by atoms with Gasteiger partial charge in [0.1, 0.15) is 0 Å². The molecular weight excluding hydrogens is 212 g/mol. The second kappa shape index (κ2) is 3.54. The van der Waals surface area contributed by atoms with E-state index < -0.39 is 11.5 Å². The summed E-state index contributed by atoms with van der Waals surface area (Å²) in [5.74, 6) is 0. The van der Waals surface area contributed by atoms with E-state index in [1.165, 1.54) is 0 Å². The Morgan fingerprint density at radius 1 is 1.47 bits per heavy atom. The summed E-state index contributed by atoms with van der Waals surface area (Å²) in [6.45, 7) is 0. The predicted octanol–water partition coefficient (Wildman–Crippen LogP) is 2.24. The molecule has 0 bridgehead atoms. The van der Waals surface area contributed by atoms with Gasteiger partial charge in [-0.25, -0.2) is 0 Å². The Kier molecular flexibility index (Phi) is 2.13. The number of aliphatic imine (C=N–C) groups is 1. The molecular formula is C14H12N2O. The van der Waals surface area contributed by atoms with Crippen molar-refractivity contribution in [3.8, 4) is 6.07 Å². The van der Waals surface area contributed by atoms with E-state index in [4.69, 9.17) is 5.26 Å². The van der Waals surface area contributed by atoms with Gasteiger partial charge in [0.05, 0.1) is 35.4 Å². The van der Waals surface area contributed by atoms with Crippen LogP contribution in [0.5, 0.6) is 0 Å². The van der Waals surface area contributed by atoms with Gasteiger partial charge in [0.2, 0.25) is 0 Å². The van der Waals surface area contributed by atoms with E-state index in [9.17, 15) is 5.11 Å². The first-order valence-corrected chi connectivity index (χ1v) is 5.68. The lowest BCUT2D eigenvalue weighted by atomic mass is 9.69. The fraction of sp³-hybridized carbons (Fsp3) is 0.286. The summed E-state index contributed by atoms with van der Waals surface area (Å²) in [6, 6.07) is 10.1. The monoisotopic (exact) mass is 224 g/mol. The normalized spacial score (nSPS) is 29.2. The molecule has 0 radical (unpaired) electrons. The Hall–Kier alpha value is -1.92. The van der Waals surface area contributed by atoms with E-state index in [2.05, 4.69) is 11.1 Å². The van der Waals surface area contributed by atoms with Gasteiger partial charge in [0, 0.05) is 0 Å². The van der Waals surface area contributed by atoms with Crippen molar-refractivity contribution < 1.29 is 5.11 Å². The van der Waals surface area contributed by atoms with Crippen molar-refractivity contribution in [3.63, 3.8) is 0 Å². The minimum Gasteiger partial charge on any atom is -0.389 e. The van der Waals surface area contributed by atoms with Gasteiger partial charge in [-0.3, -0.25) is 4.99 Å². The van der Waals surface area contributed by atoms with Crippen molar-refractivity contribution in [1.29, 1.82) is 5.26 Å². The highest BCUT2D eigenvalue weighted by Gasteiger charge is 2.45. The number of rotatable bonds is 1. The SMILES string of the molecule is N#CC[C@]12C[C@H](O)C=CC1=Nc1ccccc12. The summed E-state index contributed by atoms with van der Waals surface area (Å²) in [6.07, 6.45) is 4.02. The molecule has 0 saturated heterocycles. The van der Waals surface area contributed by atoms with Crippen LogP contribution < -0.4 is 0 Å². The van der Waals surface area contributed by atoms with E-state index in [0.29, 0.717) is 12.8 Å². The smallest absolute Gasteiger partial charge is 0.0737 e. The Morgan fingerprint density at radius 2 is 2.29 bits per heavy atom. The van der Waals surface area contributed by atoms with Gasteiger partial charge in [0.25, 0.3) is 0 Å². The molecule has 1 N–H and O–H groups in total. The van der Waals surface area contributed by atoms with Crippen LogP contribution in [0.15, 0.2) is 41.4 Å². The van der Waals surface area contributed by atoms with Crippen LogP contribution in [0.2, 0.25) is 0 Å². The maximum atomic E-state index is 9.82. The molecule has 0 spiro atoms. The van der Waals surface area contributed by atoms with Gasteiger partial charge < -0.3 is 5.11 Å². The van der Waals surface area contributed by atoms with Crippen molar-refractivity contribution in [2.24, 2.45) is 4.99 Å². The maximum absolute atomic E-state index is 9.82. The van der Waals surface area contributed by atoms with E-state index >= 15 is 0 Å². The molecule has 0 aromatic heterocycles. The summed E-state index contributed by atoms with van der Waals surface area (Å²) in [4.78, 5) is 4.57. The largest absolute Gasteiger partial charge is 0.389 e. The number of aliphatic hydroxyl groups is 1. The number of aliphatic hydroxyl groups excluding tert-OH is 1. The molecule has 0 fully saturated rings. The number of hydrogen-bond acceptors (Lipinski definition) is 3. The van der Waals surface area contributed by atoms with E-state index in [-0.39, 0.29) is 0 Å². The van der Waals surface area contributed by atoms with Crippen molar-refractivity contribution in [2.45, 2.75) is 24.4 Å². The molecule has 17 heavy (non-hydrogen) atoms. The number of hydrogen-bond donors (Lipinski definition) is 1. The summed E-state index contributed by atoms with van der Waals surface area (Å²) in [7, 11) is 0. The van der Waals surface area contributed by atoms with E-state index in [0.717, 1.165) is 17.0 Å². The van der Waals surface area contributed by atoms with Crippen LogP contribution in [0.1, 0.15) is 18.4 Å². The lowest BCUT2D eigenvalue weighted by Crippen LogP contribution is -2.38. The Labute approximate surface area is 99.7 Å². The third-order valence-corrected chi connectivity index (χ3v) is 3.57. The third-order valence-electron chi connectivity index (χ3n) is 3.57. The summed E-state index contributed by atoms with van der Waals surface area (Å²) < 4.78 is 0. The molecule has 3 heteroatoms. The van der Waals surface area contributed by atoms with Gasteiger partial charge in [-0.1, -0.05) is 24.3 Å². The van der Waals surface area contributed by atoms with Crippen LogP contribution in [0.25, 0.3) is 0 Å². The number of fused-ring (bicyclic) bond motifs is 3. The summed E-state index contributed by atoms with van der Waals surface area (Å²) in [5.41, 5.74) is 2.50. The molecule has 84 valence electrons. The first-order valence-electron chi connectivity index (χ1n) is 5.68. The predicted molar refractivity (Wildman–Crippen MR) is 65.2 cm³/mol. The molecule has 0 saturated carbocycles. The maximum Gasteiger partial charge on any atom is 0.0737 e. The second-order valence-corrected chi connectivity index (χ2v) is 4.56.